The highest BCUT2D eigenvalue weighted by atomic mass is 32.2. The summed E-state index contributed by atoms with van der Waals surface area (Å²) in [6, 6.07) is 1.63. The molecule has 0 aromatic carbocycles. The molecule has 1 aromatic rings. The first-order valence-electron chi connectivity index (χ1n) is 5.45. The van der Waals surface area contributed by atoms with Crippen molar-refractivity contribution in [2.45, 2.75) is 32.9 Å². The molecule has 0 aliphatic heterocycles. The minimum atomic E-state index is -0.917. The molecule has 0 saturated heterocycles. The van der Waals surface area contributed by atoms with Crippen LogP contribution in [0.4, 0.5) is 0 Å². The summed E-state index contributed by atoms with van der Waals surface area (Å²) in [5.74, 6) is 2.85. The van der Waals surface area contributed by atoms with E-state index < -0.39 is 5.97 Å². The zero-order valence-corrected chi connectivity index (χ0v) is 10.8. The summed E-state index contributed by atoms with van der Waals surface area (Å²) in [5, 5.41) is 8.86. The molecule has 0 aliphatic rings. The lowest BCUT2D eigenvalue weighted by atomic mass is 10.2. The number of thioether (sulfide) groups is 1. The Hall–Kier alpha value is -0.900. The highest BCUT2D eigenvalue weighted by Crippen LogP contribution is 2.21. The van der Waals surface area contributed by atoms with E-state index in [1.807, 2.05) is 0 Å². The van der Waals surface area contributed by atoms with E-state index in [9.17, 15) is 4.79 Å². The van der Waals surface area contributed by atoms with Crippen LogP contribution in [0.2, 0.25) is 0 Å². The average Bonchev–Trinajstić information content (AvgIpc) is 2.59. The Morgan fingerprint density at radius 2 is 2.31 bits per heavy atom. The third-order valence-electron chi connectivity index (χ3n) is 2.54. The van der Waals surface area contributed by atoms with Crippen LogP contribution in [0.5, 0.6) is 0 Å². The van der Waals surface area contributed by atoms with Gasteiger partial charge in [-0.15, -0.1) is 0 Å². The fourth-order valence-corrected chi connectivity index (χ4v) is 2.41. The topological polar surface area (TPSA) is 50.4 Å². The van der Waals surface area contributed by atoms with Crippen molar-refractivity contribution < 1.29 is 14.3 Å². The van der Waals surface area contributed by atoms with E-state index in [0.717, 1.165) is 17.3 Å². The van der Waals surface area contributed by atoms with E-state index in [-0.39, 0.29) is 5.56 Å². The molecule has 0 saturated carbocycles. The predicted molar refractivity (Wildman–Crippen MR) is 66.0 cm³/mol. The largest absolute Gasteiger partial charge is 0.478 e. The monoisotopic (exact) mass is 242 g/mol. The van der Waals surface area contributed by atoms with Crippen molar-refractivity contribution in [3.63, 3.8) is 0 Å². The third kappa shape index (κ3) is 3.59. The van der Waals surface area contributed by atoms with Crippen LogP contribution >= 0.6 is 11.8 Å². The molecule has 1 N–H and O–H groups in total. The lowest BCUT2D eigenvalue weighted by molar-refractivity contribution is 0.0695. The van der Waals surface area contributed by atoms with E-state index in [4.69, 9.17) is 9.52 Å². The molecule has 1 atom stereocenters. The van der Waals surface area contributed by atoms with Gasteiger partial charge in [0.15, 0.2) is 0 Å². The van der Waals surface area contributed by atoms with E-state index in [1.54, 1.807) is 24.8 Å². The van der Waals surface area contributed by atoms with Crippen LogP contribution in [0.25, 0.3) is 0 Å². The van der Waals surface area contributed by atoms with Crippen molar-refractivity contribution in [2.75, 3.05) is 5.75 Å². The normalized spacial score (nSPS) is 12.7. The molecular formula is C12H18O3S. The maximum absolute atomic E-state index is 10.8. The number of furan rings is 1. The molecule has 0 bridgehead atoms. The zero-order valence-electron chi connectivity index (χ0n) is 9.95. The van der Waals surface area contributed by atoms with Gasteiger partial charge in [0.2, 0.25) is 0 Å². The van der Waals surface area contributed by atoms with Gasteiger partial charge in [0.25, 0.3) is 0 Å². The molecule has 1 rings (SSSR count). The van der Waals surface area contributed by atoms with Crippen molar-refractivity contribution in [3.8, 4) is 0 Å². The summed E-state index contributed by atoms with van der Waals surface area (Å²) in [6.45, 7) is 6.07. The van der Waals surface area contributed by atoms with Crippen LogP contribution in [0.1, 0.15) is 42.1 Å². The Labute approximate surface area is 100 Å². The van der Waals surface area contributed by atoms with Gasteiger partial charge in [0.05, 0.1) is 5.75 Å². The van der Waals surface area contributed by atoms with E-state index in [1.165, 1.54) is 6.42 Å². The molecule has 3 nitrogen and oxygen atoms in total. The summed E-state index contributed by atoms with van der Waals surface area (Å²) < 4.78 is 5.39. The second-order valence-electron chi connectivity index (χ2n) is 4.02. The van der Waals surface area contributed by atoms with E-state index >= 15 is 0 Å². The lowest BCUT2D eigenvalue weighted by Crippen LogP contribution is -1.96. The Balaban J connectivity index is 2.49. The number of aromatic carboxylic acids is 1. The second kappa shape index (κ2) is 5.99. The number of hydrogen-bond donors (Lipinski definition) is 1. The molecule has 0 radical (unpaired) electrons. The van der Waals surface area contributed by atoms with Crippen LogP contribution in [0.3, 0.4) is 0 Å². The predicted octanol–water partition coefficient (Wildman–Crippen LogP) is 3.57. The maximum atomic E-state index is 10.8. The molecule has 1 heterocycles. The standard InChI is InChI=1S/C12H18O3S/c1-4-8(2)6-16-7-10-5-11(12(13)14)9(3)15-10/h5,8H,4,6-7H2,1-3H3,(H,13,14). The second-order valence-corrected chi connectivity index (χ2v) is 5.05. The fraction of sp³-hybridized carbons (Fsp3) is 0.583. The molecule has 4 heteroatoms. The molecule has 90 valence electrons. The fourth-order valence-electron chi connectivity index (χ4n) is 1.31. The van der Waals surface area contributed by atoms with Crippen molar-refractivity contribution >= 4 is 17.7 Å². The SMILES string of the molecule is CCC(C)CSCc1cc(C(=O)O)c(C)o1. The molecular weight excluding hydrogens is 224 g/mol. The van der Waals surface area contributed by atoms with Gasteiger partial charge >= 0.3 is 5.97 Å². The molecule has 16 heavy (non-hydrogen) atoms. The quantitative estimate of drug-likeness (QED) is 0.828. The Kier molecular flexibility index (Phi) is 4.93. The highest BCUT2D eigenvalue weighted by Gasteiger charge is 2.13. The van der Waals surface area contributed by atoms with Gasteiger partial charge in [-0.25, -0.2) is 4.79 Å². The minimum absolute atomic E-state index is 0.277. The van der Waals surface area contributed by atoms with Crippen LogP contribution in [-0.4, -0.2) is 16.8 Å². The summed E-state index contributed by atoms with van der Waals surface area (Å²) in [6.07, 6.45) is 1.17. The van der Waals surface area contributed by atoms with Crippen molar-refractivity contribution in [1.82, 2.24) is 0 Å². The number of hydrogen-bond acceptors (Lipinski definition) is 3. The van der Waals surface area contributed by atoms with Gasteiger partial charge < -0.3 is 9.52 Å². The van der Waals surface area contributed by atoms with Crippen LogP contribution in [-0.2, 0) is 5.75 Å². The van der Waals surface area contributed by atoms with Gasteiger partial charge in [-0.1, -0.05) is 20.3 Å². The summed E-state index contributed by atoms with van der Waals surface area (Å²) >= 11 is 1.79. The molecule has 0 spiro atoms. The summed E-state index contributed by atoms with van der Waals surface area (Å²) in [4.78, 5) is 10.8. The van der Waals surface area contributed by atoms with Gasteiger partial charge in [0.1, 0.15) is 17.1 Å². The number of carbonyl (C=O) groups is 1. The summed E-state index contributed by atoms with van der Waals surface area (Å²) in [5.41, 5.74) is 0.277. The number of aryl methyl sites for hydroxylation is 1. The zero-order chi connectivity index (χ0) is 12.1. The van der Waals surface area contributed by atoms with Crippen molar-refractivity contribution in [1.29, 1.82) is 0 Å². The first-order valence-corrected chi connectivity index (χ1v) is 6.60. The van der Waals surface area contributed by atoms with Gasteiger partial charge in [-0.05, 0) is 24.7 Å². The first kappa shape index (κ1) is 13.2. The van der Waals surface area contributed by atoms with Crippen molar-refractivity contribution in [3.05, 3.63) is 23.2 Å². The number of carboxylic acid groups (broad SMARTS) is 1. The van der Waals surface area contributed by atoms with E-state index in [0.29, 0.717) is 11.7 Å². The first-order chi connectivity index (χ1) is 7.54. The molecule has 0 aliphatic carbocycles. The number of carboxylic acids is 1. The van der Waals surface area contributed by atoms with Gasteiger partial charge in [-0.3, -0.25) is 0 Å². The smallest absolute Gasteiger partial charge is 0.339 e. The molecule has 0 fully saturated rings. The molecule has 0 amide bonds. The van der Waals surface area contributed by atoms with E-state index in [2.05, 4.69) is 13.8 Å². The Morgan fingerprint density at radius 3 is 2.81 bits per heavy atom. The van der Waals surface area contributed by atoms with Crippen LogP contribution in [0.15, 0.2) is 10.5 Å². The van der Waals surface area contributed by atoms with Crippen LogP contribution < -0.4 is 0 Å². The van der Waals surface area contributed by atoms with Gasteiger partial charge in [0, 0.05) is 0 Å². The average molecular weight is 242 g/mol. The summed E-state index contributed by atoms with van der Waals surface area (Å²) in [7, 11) is 0. The van der Waals surface area contributed by atoms with Gasteiger partial charge in [-0.2, -0.15) is 11.8 Å². The van der Waals surface area contributed by atoms with Crippen LogP contribution in [0, 0.1) is 12.8 Å². The minimum Gasteiger partial charge on any atom is -0.478 e. The Bertz CT molecular complexity index is 357. The number of rotatable bonds is 6. The van der Waals surface area contributed by atoms with Crippen molar-refractivity contribution in [2.24, 2.45) is 5.92 Å². The Morgan fingerprint density at radius 1 is 1.62 bits per heavy atom. The molecule has 1 unspecified atom stereocenters. The third-order valence-corrected chi connectivity index (χ3v) is 3.84. The molecule has 1 aromatic heterocycles. The highest BCUT2D eigenvalue weighted by molar-refractivity contribution is 7.98. The maximum Gasteiger partial charge on any atom is 0.339 e. The lowest BCUT2D eigenvalue weighted by Gasteiger charge is -2.05.